The Hall–Kier alpha value is -1.95. The number of rotatable bonds is 9. The monoisotopic (exact) mass is 403 g/mol. The predicted molar refractivity (Wildman–Crippen MR) is 117 cm³/mol. The summed E-state index contributed by atoms with van der Waals surface area (Å²) in [7, 11) is 3.37. The molecular formula is C23H37N3O3. The van der Waals surface area contributed by atoms with E-state index in [2.05, 4.69) is 29.7 Å². The van der Waals surface area contributed by atoms with Crippen LogP contribution in [0.2, 0.25) is 0 Å². The van der Waals surface area contributed by atoms with E-state index < -0.39 is 0 Å². The lowest BCUT2D eigenvalue weighted by Gasteiger charge is -2.38. The summed E-state index contributed by atoms with van der Waals surface area (Å²) >= 11 is 0. The smallest absolute Gasteiger partial charge is 0.191 e. The average molecular weight is 404 g/mol. The number of methoxy groups -OCH3 is 2. The standard InChI is InChI=1S/C23H37N3O3/c1-4-24-21(25-15-22(17-27)12-13-22)26-16-23(10-6-5-7-11-23)18-8-9-19(28-2)20(14-18)29-3/h8-9,14,27H,4-7,10-13,15-17H2,1-3H3,(H2,24,25,26). The highest BCUT2D eigenvalue weighted by atomic mass is 16.5. The topological polar surface area (TPSA) is 75.1 Å². The largest absolute Gasteiger partial charge is 0.493 e. The molecule has 0 bridgehead atoms. The maximum Gasteiger partial charge on any atom is 0.191 e. The summed E-state index contributed by atoms with van der Waals surface area (Å²) in [5.41, 5.74) is 1.38. The third-order valence-corrected chi connectivity index (χ3v) is 6.61. The maximum atomic E-state index is 9.58. The molecule has 0 atom stereocenters. The van der Waals surface area contributed by atoms with Gasteiger partial charge in [-0.05, 0) is 50.3 Å². The lowest BCUT2D eigenvalue weighted by molar-refractivity contribution is 0.216. The van der Waals surface area contributed by atoms with Crippen LogP contribution in [0.5, 0.6) is 11.5 Å². The van der Waals surface area contributed by atoms with Crippen LogP contribution in [-0.2, 0) is 5.41 Å². The number of hydrogen-bond donors (Lipinski definition) is 3. The Labute approximate surface area is 175 Å². The fraction of sp³-hybridized carbons (Fsp3) is 0.696. The number of aliphatic imine (C=N–C) groups is 1. The number of benzene rings is 1. The first-order chi connectivity index (χ1) is 14.1. The molecule has 2 fully saturated rings. The van der Waals surface area contributed by atoms with E-state index in [1.54, 1.807) is 14.2 Å². The minimum absolute atomic E-state index is 0.0221. The molecule has 29 heavy (non-hydrogen) atoms. The minimum atomic E-state index is 0.0221. The van der Waals surface area contributed by atoms with E-state index >= 15 is 0 Å². The number of guanidine groups is 1. The molecule has 6 heteroatoms. The molecule has 0 amide bonds. The average Bonchev–Trinajstić information content (AvgIpc) is 3.56. The van der Waals surface area contributed by atoms with Gasteiger partial charge >= 0.3 is 0 Å². The van der Waals surface area contributed by atoms with Crippen LogP contribution in [0.1, 0.15) is 57.4 Å². The van der Waals surface area contributed by atoms with Gasteiger partial charge in [0.1, 0.15) is 0 Å². The number of nitrogens with one attached hydrogen (secondary N) is 2. The summed E-state index contributed by atoms with van der Waals surface area (Å²) in [6.45, 7) is 4.65. The summed E-state index contributed by atoms with van der Waals surface area (Å²) in [4.78, 5) is 4.78. The zero-order chi connectivity index (χ0) is 20.7. The molecule has 0 heterocycles. The van der Waals surface area contributed by atoms with Crippen LogP contribution in [0.4, 0.5) is 0 Å². The first kappa shape index (κ1) is 21.8. The summed E-state index contributed by atoms with van der Waals surface area (Å²) in [5, 5.41) is 16.6. The number of ether oxygens (including phenoxy) is 2. The van der Waals surface area contributed by atoms with Gasteiger partial charge in [0.25, 0.3) is 0 Å². The summed E-state index contributed by atoms with van der Waals surface area (Å²) in [6.07, 6.45) is 8.20. The Kier molecular flexibility index (Phi) is 7.28. The van der Waals surface area contributed by atoms with Crippen LogP contribution in [0.15, 0.2) is 23.2 Å². The number of hydrogen-bond acceptors (Lipinski definition) is 4. The van der Waals surface area contributed by atoms with Gasteiger partial charge in [-0.2, -0.15) is 0 Å². The SMILES string of the molecule is CCNC(=NCC1(CO)CC1)NCC1(c2ccc(OC)c(OC)c2)CCCCC1. The van der Waals surface area contributed by atoms with E-state index in [4.69, 9.17) is 14.5 Å². The lowest BCUT2D eigenvalue weighted by atomic mass is 9.69. The van der Waals surface area contributed by atoms with Crippen LogP contribution >= 0.6 is 0 Å². The molecule has 0 saturated heterocycles. The van der Waals surface area contributed by atoms with E-state index in [9.17, 15) is 5.11 Å². The molecule has 1 aromatic rings. The van der Waals surface area contributed by atoms with Gasteiger partial charge in [0.15, 0.2) is 17.5 Å². The van der Waals surface area contributed by atoms with Crippen LogP contribution in [0, 0.1) is 5.41 Å². The molecule has 2 aliphatic rings. The van der Waals surface area contributed by atoms with Gasteiger partial charge in [-0.15, -0.1) is 0 Å². The zero-order valence-electron chi connectivity index (χ0n) is 18.2. The van der Waals surface area contributed by atoms with Crippen molar-refractivity contribution >= 4 is 5.96 Å². The molecule has 0 unspecified atom stereocenters. The molecule has 0 spiro atoms. The van der Waals surface area contributed by atoms with Crippen LogP contribution < -0.4 is 20.1 Å². The summed E-state index contributed by atoms with van der Waals surface area (Å²) < 4.78 is 11.0. The van der Waals surface area contributed by atoms with E-state index in [0.29, 0.717) is 6.54 Å². The minimum Gasteiger partial charge on any atom is -0.493 e. The Morgan fingerprint density at radius 2 is 1.76 bits per heavy atom. The molecular weight excluding hydrogens is 366 g/mol. The van der Waals surface area contributed by atoms with Gasteiger partial charge in [0.2, 0.25) is 0 Å². The number of nitrogens with zero attached hydrogens (tertiary/aromatic N) is 1. The summed E-state index contributed by atoms with van der Waals surface area (Å²) in [5.74, 6) is 2.40. The molecule has 6 nitrogen and oxygen atoms in total. The van der Waals surface area contributed by atoms with Gasteiger partial charge in [-0.1, -0.05) is 25.3 Å². The molecule has 0 aromatic heterocycles. The third kappa shape index (κ3) is 5.16. The Morgan fingerprint density at radius 1 is 1.03 bits per heavy atom. The zero-order valence-corrected chi connectivity index (χ0v) is 18.2. The highest BCUT2D eigenvalue weighted by Crippen LogP contribution is 2.45. The molecule has 3 N–H and O–H groups in total. The quantitative estimate of drug-likeness (QED) is 0.436. The van der Waals surface area contributed by atoms with Crippen LogP contribution in [0.3, 0.4) is 0 Å². The van der Waals surface area contributed by atoms with Gasteiger partial charge < -0.3 is 25.2 Å². The van der Waals surface area contributed by atoms with Crippen molar-refractivity contribution in [2.75, 3.05) is 40.5 Å². The van der Waals surface area contributed by atoms with Crippen molar-refractivity contribution in [1.82, 2.24) is 10.6 Å². The maximum absolute atomic E-state index is 9.58. The van der Waals surface area contributed by atoms with Gasteiger partial charge in [-0.25, -0.2) is 0 Å². The van der Waals surface area contributed by atoms with Gasteiger partial charge in [-0.3, -0.25) is 4.99 Å². The molecule has 3 rings (SSSR count). The summed E-state index contributed by atoms with van der Waals surface area (Å²) in [6, 6.07) is 6.34. The third-order valence-electron chi connectivity index (χ3n) is 6.61. The van der Waals surface area contributed by atoms with E-state index in [0.717, 1.165) is 56.2 Å². The fourth-order valence-electron chi connectivity index (χ4n) is 4.35. The van der Waals surface area contributed by atoms with Crippen LogP contribution in [0.25, 0.3) is 0 Å². The van der Waals surface area contributed by atoms with Crippen LogP contribution in [-0.4, -0.2) is 51.5 Å². The van der Waals surface area contributed by atoms with Crippen molar-refractivity contribution in [2.24, 2.45) is 10.4 Å². The first-order valence-corrected chi connectivity index (χ1v) is 11.0. The number of aliphatic hydroxyl groups is 1. The normalized spacial score (nSPS) is 20.1. The van der Waals surface area contributed by atoms with E-state index in [1.165, 1.54) is 24.8 Å². The second-order valence-electron chi connectivity index (χ2n) is 8.62. The molecule has 162 valence electrons. The van der Waals surface area contributed by atoms with Gasteiger partial charge in [0, 0.05) is 23.9 Å². The molecule has 1 aromatic carbocycles. The highest BCUT2D eigenvalue weighted by molar-refractivity contribution is 5.80. The fourth-order valence-corrected chi connectivity index (χ4v) is 4.35. The van der Waals surface area contributed by atoms with Crippen molar-refractivity contribution in [3.8, 4) is 11.5 Å². The molecule has 0 aliphatic heterocycles. The predicted octanol–water partition coefficient (Wildman–Crippen LogP) is 3.23. The lowest BCUT2D eigenvalue weighted by Crippen LogP contribution is -2.46. The second-order valence-corrected chi connectivity index (χ2v) is 8.62. The molecule has 2 saturated carbocycles. The van der Waals surface area contributed by atoms with E-state index in [-0.39, 0.29) is 17.4 Å². The van der Waals surface area contributed by atoms with E-state index in [1.807, 2.05) is 6.07 Å². The van der Waals surface area contributed by atoms with Crippen molar-refractivity contribution in [2.45, 2.75) is 57.3 Å². The van der Waals surface area contributed by atoms with Crippen molar-refractivity contribution in [3.05, 3.63) is 23.8 Å². The Balaban J connectivity index is 1.78. The van der Waals surface area contributed by atoms with Crippen molar-refractivity contribution in [3.63, 3.8) is 0 Å². The highest BCUT2D eigenvalue weighted by Gasteiger charge is 2.42. The Morgan fingerprint density at radius 3 is 2.34 bits per heavy atom. The Bertz CT molecular complexity index is 695. The molecule has 2 aliphatic carbocycles. The second kappa shape index (κ2) is 9.70. The number of aliphatic hydroxyl groups excluding tert-OH is 1. The van der Waals surface area contributed by atoms with Crippen molar-refractivity contribution < 1.29 is 14.6 Å². The van der Waals surface area contributed by atoms with Gasteiger partial charge in [0.05, 0.1) is 27.4 Å². The first-order valence-electron chi connectivity index (χ1n) is 11.0. The van der Waals surface area contributed by atoms with Crippen molar-refractivity contribution in [1.29, 1.82) is 0 Å². The molecule has 0 radical (unpaired) electrons.